The number of nitrogens with two attached hydrogens (primary N) is 1. The maximum absolute atomic E-state index is 13.0. The van der Waals surface area contributed by atoms with Crippen molar-refractivity contribution in [3.05, 3.63) is 107 Å². The Morgan fingerprint density at radius 1 is 0.867 bits per heavy atom. The van der Waals surface area contributed by atoms with Gasteiger partial charge in [0.2, 0.25) is 0 Å². The monoisotopic (exact) mass is 394 g/mol. The van der Waals surface area contributed by atoms with Crippen molar-refractivity contribution >= 4 is 16.7 Å². The van der Waals surface area contributed by atoms with E-state index in [2.05, 4.69) is 61.5 Å². The Labute approximate surface area is 177 Å². The van der Waals surface area contributed by atoms with E-state index in [0.717, 1.165) is 33.0 Å². The van der Waals surface area contributed by atoms with Gasteiger partial charge < -0.3 is 10.6 Å². The highest BCUT2D eigenvalue weighted by Crippen LogP contribution is 2.23. The van der Waals surface area contributed by atoms with Crippen LogP contribution in [-0.4, -0.2) is 17.9 Å². The van der Waals surface area contributed by atoms with E-state index in [-0.39, 0.29) is 5.91 Å². The maximum atomic E-state index is 13.0. The summed E-state index contributed by atoms with van der Waals surface area (Å²) in [5, 5.41) is 2.31. The summed E-state index contributed by atoms with van der Waals surface area (Å²) in [5.41, 5.74) is 12.2. The summed E-state index contributed by atoms with van der Waals surface area (Å²) in [7, 11) is 1.85. The fourth-order valence-electron chi connectivity index (χ4n) is 3.76. The smallest absolute Gasteiger partial charge is 0.253 e. The van der Waals surface area contributed by atoms with Crippen LogP contribution >= 0.6 is 0 Å². The van der Waals surface area contributed by atoms with Crippen molar-refractivity contribution < 1.29 is 4.79 Å². The quantitative estimate of drug-likeness (QED) is 0.483. The molecule has 0 atom stereocenters. The molecule has 0 saturated carbocycles. The number of nitrogens with zero attached hydrogens (tertiary/aromatic N) is 1. The molecule has 0 bridgehead atoms. The summed E-state index contributed by atoms with van der Waals surface area (Å²) >= 11 is 0. The van der Waals surface area contributed by atoms with E-state index < -0.39 is 0 Å². The van der Waals surface area contributed by atoms with Crippen LogP contribution in [0.5, 0.6) is 0 Å². The van der Waals surface area contributed by atoms with Gasteiger partial charge in [0.05, 0.1) is 0 Å². The Morgan fingerprint density at radius 3 is 2.20 bits per heavy atom. The lowest BCUT2D eigenvalue weighted by Gasteiger charge is -2.19. The second kappa shape index (κ2) is 8.52. The van der Waals surface area contributed by atoms with Crippen LogP contribution in [0.15, 0.2) is 84.9 Å². The van der Waals surface area contributed by atoms with Crippen LogP contribution in [0.4, 0.5) is 0 Å². The highest BCUT2D eigenvalue weighted by atomic mass is 16.2. The maximum Gasteiger partial charge on any atom is 0.253 e. The number of aryl methyl sites for hydroxylation is 1. The Morgan fingerprint density at radius 2 is 1.53 bits per heavy atom. The zero-order valence-electron chi connectivity index (χ0n) is 17.4. The van der Waals surface area contributed by atoms with E-state index in [1.54, 1.807) is 4.90 Å². The second-order valence-corrected chi connectivity index (χ2v) is 7.78. The molecule has 0 aliphatic carbocycles. The number of carbonyl (C=O) groups excluding carboxylic acids is 1. The van der Waals surface area contributed by atoms with Gasteiger partial charge in [-0.1, -0.05) is 72.3 Å². The molecule has 0 aromatic heterocycles. The summed E-state index contributed by atoms with van der Waals surface area (Å²) in [6, 6.07) is 28.7. The van der Waals surface area contributed by atoms with Gasteiger partial charge in [-0.15, -0.1) is 0 Å². The van der Waals surface area contributed by atoms with Crippen molar-refractivity contribution in [2.45, 2.75) is 20.0 Å². The van der Waals surface area contributed by atoms with Crippen LogP contribution in [0.1, 0.15) is 27.0 Å². The normalized spacial score (nSPS) is 10.9. The molecule has 3 nitrogen and oxygen atoms in total. The van der Waals surface area contributed by atoms with Gasteiger partial charge in [-0.25, -0.2) is 0 Å². The van der Waals surface area contributed by atoms with E-state index >= 15 is 0 Å². The fraction of sp³-hybridized carbons (Fsp3) is 0.148. The molecule has 0 radical (unpaired) electrons. The molecule has 1 amide bonds. The van der Waals surface area contributed by atoms with Crippen LogP contribution < -0.4 is 5.73 Å². The van der Waals surface area contributed by atoms with Crippen molar-refractivity contribution in [1.29, 1.82) is 0 Å². The Bertz CT molecular complexity index is 1180. The SMILES string of the molecule is Cc1ccc(-c2ccc(C(=O)N(C)Cc3cccc4cc(CN)ccc34)cc2)cc1. The third-order valence-corrected chi connectivity index (χ3v) is 5.54. The third kappa shape index (κ3) is 4.12. The average Bonchev–Trinajstić information content (AvgIpc) is 2.79. The standard InChI is InChI=1S/C27H26N2O/c1-19-6-9-21(10-7-19)22-11-13-23(14-12-22)27(30)29(2)18-25-5-3-4-24-16-20(17-28)8-15-26(24)25/h3-16H,17-18,28H2,1-2H3. The summed E-state index contributed by atoms with van der Waals surface area (Å²) in [6.07, 6.45) is 0. The molecule has 0 heterocycles. The molecule has 0 spiro atoms. The minimum Gasteiger partial charge on any atom is -0.337 e. The summed E-state index contributed by atoms with van der Waals surface area (Å²) in [6.45, 7) is 3.16. The van der Waals surface area contributed by atoms with E-state index in [0.29, 0.717) is 18.7 Å². The number of hydrogen-bond acceptors (Lipinski definition) is 2. The first kappa shape index (κ1) is 19.9. The molecule has 4 aromatic carbocycles. The van der Waals surface area contributed by atoms with Gasteiger partial charge in [0.1, 0.15) is 0 Å². The van der Waals surface area contributed by atoms with Gasteiger partial charge in [-0.2, -0.15) is 0 Å². The molecule has 4 aromatic rings. The molecular weight excluding hydrogens is 368 g/mol. The largest absolute Gasteiger partial charge is 0.337 e. The van der Waals surface area contributed by atoms with Crippen molar-refractivity contribution in [2.24, 2.45) is 5.73 Å². The van der Waals surface area contributed by atoms with E-state index in [1.807, 2.05) is 37.4 Å². The predicted octanol–water partition coefficient (Wildman–Crippen LogP) is 5.55. The molecule has 0 saturated heterocycles. The number of amides is 1. The average molecular weight is 395 g/mol. The molecule has 0 unspecified atom stereocenters. The topological polar surface area (TPSA) is 46.3 Å². The fourth-order valence-corrected chi connectivity index (χ4v) is 3.76. The first-order valence-corrected chi connectivity index (χ1v) is 10.2. The van der Waals surface area contributed by atoms with Gasteiger partial charge >= 0.3 is 0 Å². The van der Waals surface area contributed by atoms with Gasteiger partial charge in [0.25, 0.3) is 5.91 Å². The van der Waals surface area contributed by atoms with Crippen LogP contribution in [0.2, 0.25) is 0 Å². The highest BCUT2D eigenvalue weighted by Gasteiger charge is 2.13. The first-order chi connectivity index (χ1) is 14.5. The summed E-state index contributed by atoms with van der Waals surface area (Å²) < 4.78 is 0. The highest BCUT2D eigenvalue weighted by molar-refractivity contribution is 5.95. The molecule has 3 heteroatoms. The van der Waals surface area contributed by atoms with Crippen LogP contribution in [0.3, 0.4) is 0 Å². The van der Waals surface area contributed by atoms with Gasteiger partial charge in [-0.05, 0) is 58.1 Å². The first-order valence-electron chi connectivity index (χ1n) is 10.2. The molecule has 0 fully saturated rings. The lowest BCUT2D eigenvalue weighted by atomic mass is 10.0. The molecule has 2 N–H and O–H groups in total. The van der Waals surface area contributed by atoms with Gasteiger partial charge in [-0.3, -0.25) is 4.79 Å². The van der Waals surface area contributed by atoms with E-state index in [1.165, 1.54) is 5.56 Å². The zero-order valence-corrected chi connectivity index (χ0v) is 17.4. The number of carbonyl (C=O) groups is 1. The number of benzene rings is 4. The molecular formula is C27H26N2O. The Balaban J connectivity index is 1.52. The molecule has 4 rings (SSSR count). The van der Waals surface area contributed by atoms with Crippen molar-refractivity contribution in [2.75, 3.05) is 7.05 Å². The van der Waals surface area contributed by atoms with Crippen molar-refractivity contribution in [1.82, 2.24) is 4.90 Å². The minimum absolute atomic E-state index is 0.0148. The minimum atomic E-state index is 0.0148. The van der Waals surface area contributed by atoms with E-state index in [9.17, 15) is 4.79 Å². The Kier molecular flexibility index (Phi) is 5.64. The van der Waals surface area contributed by atoms with Gasteiger partial charge in [0, 0.05) is 25.7 Å². The van der Waals surface area contributed by atoms with Crippen LogP contribution in [-0.2, 0) is 13.1 Å². The number of hydrogen-bond donors (Lipinski definition) is 1. The molecule has 30 heavy (non-hydrogen) atoms. The number of rotatable bonds is 5. The third-order valence-electron chi connectivity index (χ3n) is 5.54. The lowest BCUT2D eigenvalue weighted by Crippen LogP contribution is -2.26. The van der Waals surface area contributed by atoms with Crippen LogP contribution in [0.25, 0.3) is 21.9 Å². The number of fused-ring (bicyclic) bond motifs is 1. The summed E-state index contributed by atoms with van der Waals surface area (Å²) in [5.74, 6) is 0.0148. The Hall–Kier alpha value is -3.43. The van der Waals surface area contributed by atoms with Crippen molar-refractivity contribution in [3.63, 3.8) is 0 Å². The zero-order chi connectivity index (χ0) is 21.1. The van der Waals surface area contributed by atoms with Gasteiger partial charge in [0.15, 0.2) is 0 Å². The van der Waals surface area contributed by atoms with Crippen LogP contribution in [0, 0.1) is 6.92 Å². The predicted molar refractivity (Wildman–Crippen MR) is 124 cm³/mol. The molecule has 0 aliphatic heterocycles. The van der Waals surface area contributed by atoms with Crippen molar-refractivity contribution in [3.8, 4) is 11.1 Å². The van der Waals surface area contributed by atoms with E-state index in [4.69, 9.17) is 5.73 Å². The second-order valence-electron chi connectivity index (χ2n) is 7.78. The molecule has 0 aliphatic rings. The lowest BCUT2D eigenvalue weighted by molar-refractivity contribution is 0.0785. The molecule has 150 valence electrons. The summed E-state index contributed by atoms with van der Waals surface area (Å²) in [4.78, 5) is 14.8.